The first-order valence-electron chi connectivity index (χ1n) is 6.54. The van der Waals surface area contributed by atoms with Crippen LogP contribution in [0.3, 0.4) is 0 Å². The minimum absolute atomic E-state index is 0.0122. The maximum Gasteiger partial charge on any atom is 0.224 e. The van der Waals surface area contributed by atoms with Gasteiger partial charge >= 0.3 is 0 Å². The summed E-state index contributed by atoms with van der Waals surface area (Å²) in [5, 5.41) is 12.8. The molecular weight excluding hydrogens is 240 g/mol. The molecule has 0 bridgehead atoms. The number of carbonyl (C=O) groups excluding carboxylic acids is 1. The van der Waals surface area contributed by atoms with Crippen LogP contribution in [-0.2, 0) is 11.2 Å². The number of aryl methyl sites for hydroxylation is 1. The highest BCUT2D eigenvalue weighted by Gasteiger charge is 2.09. The number of aromatic amines is 1. The minimum Gasteiger partial charge on any atom is -0.396 e. The van der Waals surface area contributed by atoms with Gasteiger partial charge in [0, 0.05) is 30.3 Å². The molecule has 0 aliphatic heterocycles. The number of aliphatic hydroxyl groups is 1. The summed E-state index contributed by atoms with van der Waals surface area (Å²) in [6.07, 6.45) is 2.25. The van der Waals surface area contributed by atoms with Gasteiger partial charge in [0.25, 0.3) is 0 Å². The normalized spacial score (nSPS) is 12.6. The molecule has 2 aromatic rings. The number of amides is 1. The number of H-pyrrole nitrogens is 1. The van der Waals surface area contributed by atoms with E-state index in [4.69, 9.17) is 5.11 Å². The van der Waals surface area contributed by atoms with E-state index in [0.717, 1.165) is 16.5 Å². The van der Waals surface area contributed by atoms with Gasteiger partial charge in [-0.2, -0.15) is 0 Å². The van der Waals surface area contributed by atoms with Gasteiger partial charge in [-0.15, -0.1) is 0 Å². The van der Waals surface area contributed by atoms with E-state index in [1.54, 1.807) is 0 Å². The zero-order valence-electron chi connectivity index (χ0n) is 11.4. The second-order valence-corrected chi connectivity index (χ2v) is 5.13. The highest BCUT2D eigenvalue weighted by molar-refractivity contribution is 5.89. The van der Waals surface area contributed by atoms with Gasteiger partial charge in [0.2, 0.25) is 5.91 Å². The lowest BCUT2D eigenvalue weighted by Gasteiger charge is -2.09. The van der Waals surface area contributed by atoms with Crippen LogP contribution in [0.25, 0.3) is 10.9 Å². The molecule has 0 aliphatic rings. The molecule has 4 nitrogen and oxygen atoms in total. The molecule has 1 atom stereocenters. The fraction of sp³-hybridized carbons (Fsp3) is 0.400. The molecule has 1 aromatic heterocycles. The van der Waals surface area contributed by atoms with Crippen LogP contribution in [0, 0.1) is 12.8 Å². The van der Waals surface area contributed by atoms with E-state index in [9.17, 15) is 4.79 Å². The lowest BCUT2D eigenvalue weighted by atomic mass is 10.1. The Morgan fingerprint density at radius 2 is 2.26 bits per heavy atom. The summed E-state index contributed by atoms with van der Waals surface area (Å²) in [6, 6.07) is 6.16. The average molecular weight is 260 g/mol. The largest absolute Gasteiger partial charge is 0.396 e. The van der Waals surface area contributed by atoms with Crippen molar-refractivity contribution in [2.45, 2.75) is 20.3 Å². The summed E-state index contributed by atoms with van der Waals surface area (Å²) in [6.45, 7) is 4.54. The van der Waals surface area contributed by atoms with Gasteiger partial charge in [-0.25, -0.2) is 0 Å². The average Bonchev–Trinajstić information content (AvgIpc) is 2.78. The Balaban J connectivity index is 2.03. The zero-order valence-corrected chi connectivity index (χ0v) is 11.4. The molecule has 1 unspecified atom stereocenters. The number of fused-ring (bicyclic) bond motifs is 1. The van der Waals surface area contributed by atoms with Gasteiger partial charge in [-0.05, 0) is 30.0 Å². The van der Waals surface area contributed by atoms with Gasteiger partial charge in [0.1, 0.15) is 0 Å². The van der Waals surface area contributed by atoms with Crippen molar-refractivity contribution in [3.05, 3.63) is 35.5 Å². The number of carbonyl (C=O) groups is 1. The molecular formula is C15H20N2O2. The maximum atomic E-state index is 11.8. The molecule has 0 spiro atoms. The molecule has 1 aromatic carbocycles. The van der Waals surface area contributed by atoms with E-state index in [-0.39, 0.29) is 18.4 Å². The second-order valence-electron chi connectivity index (χ2n) is 5.13. The summed E-state index contributed by atoms with van der Waals surface area (Å²) in [5.41, 5.74) is 3.26. The number of hydrogen-bond donors (Lipinski definition) is 3. The summed E-state index contributed by atoms with van der Waals surface area (Å²) in [7, 11) is 0. The summed E-state index contributed by atoms with van der Waals surface area (Å²) in [5.74, 6) is 0.0799. The quantitative estimate of drug-likeness (QED) is 0.767. The Morgan fingerprint density at radius 1 is 1.47 bits per heavy atom. The SMILES string of the molecule is Cc1ccc2c(CC(=O)NCC(C)CO)c[nH]c2c1. The van der Waals surface area contributed by atoms with E-state index in [2.05, 4.69) is 16.4 Å². The lowest BCUT2D eigenvalue weighted by molar-refractivity contribution is -0.120. The molecule has 0 aliphatic carbocycles. The minimum atomic E-state index is -0.0122. The third kappa shape index (κ3) is 3.35. The van der Waals surface area contributed by atoms with Gasteiger partial charge < -0.3 is 15.4 Å². The zero-order chi connectivity index (χ0) is 13.8. The van der Waals surface area contributed by atoms with Crippen molar-refractivity contribution in [2.24, 2.45) is 5.92 Å². The van der Waals surface area contributed by atoms with Crippen LogP contribution >= 0.6 is 0 Å². The molecule has 3 N–H and O–H groups in total. The third-order valence-electron chi connectivity index (χ3n) is 3.23. The van der Waals surface area contributed by atoms with E-state index < -0.39 is 0 Å². The van der Waals surface area contributed by atoms with Crippen LogP contribution in [-0.4, -0.2) is 29.1 Å². The molecule has 0 fully saturated rings. The van der Waals surface area contributed by atoms with Crippen LogP contribution in [0.5, 0.6) is 0 Å². The number of nitrogens with one attached hydrogen (secondary N) is 2. The smallest absolute Gasteiger partial charge is 0.224 e. The maximum absolute atomic E-state index is 11.8. The van der Waals surface area contributed by atoms with Crippen LogP contribution in [0.15, 0.2) is 24.4 Å². The molecule has 1 heterocycles. The predicted octanol–water partition coefficient (Wildman–Crippen LogP) is 1.76. The summed E-state index contributed by atoms with van der Waals surface area (Å²) in [4.78, 5) is 15.0. The molecule has 0 saturated carbocycles. The number of hydrogen-bond acceptors (Lipinski definition) is 2. The van der Waals surface area contributed by atoms with Crippen molar-refractivity contribution in [3.63, 3.8) is 0 Å². The number of aromatic nitrogens is 1. The van der Waals surface area contributed by atoms with Crippen molar-refractivity contribution in [1.29, 1.82) is 0 Å². The Hall–Kier alpha value is -1.81. The Kier molecular flexibility index (Phi) is 4.22. The predicted molar refractivity (Wildman–Crippen MR) is 76.0 cm³/mol. The van der Waals surface area contributed by atoms with E-state index >= 15 is 0 Å². The van der Waals surface area contributed by atoms with Gasteiger partial charge in [0.05, 0.1) is 6.42 Å². The molecule has 4 heteroatoms. The molecule has 1 amide bonds. The first-order chi connectivity index (χ1) is 9.10. The van der Waals surface area contributed by atoms with E-state index in [1.807, 2.05) is 32.2 Å². The third-order valence-corrected chi connectivity index (χ3v) is 3.23. The second kappa shape index (κ2) is 5.89. The molecule has 0 radical (unpaired) electrons. The standard InChI is InChI=1S/C15H20N2O2/c1-10-3-4-13-12(8-16-14(13)5-10)6-15(19)17-7-11(2)9-18/h3-5,8,11,16,18H,6-7,9H2,1-2H3,(H,17,19). The molecule has 2 rings (SSSR count). The highest BCUT2D eigenvalue weighted by Crippen LogP contribution is 2.19. The van der Waals surface area contributed by atoms with Gasteiger partial charge in [0.15, 0.2) is 0 Å². The van der Waals surface area contributed by atoms with E-state index in [0.29, 0.717) is 13.0 Å². The fourth-order valence-corrected chi connectivity index (χ4v) is 2.03. The molecule has 102 valence electrons. The summed E-state index contributed by atoms with van der Waals surface area (Å²) < 4.78 is 0. The summed E-state index contributed by atoms with van der Waals surface area (Å²) >= 11 is 0. The molecule has 0 saturated heterocycles. The van der Waals surface area contributed by atoms with Crippen molar-refractivity contribution < 1.29 is 9.90 Å². The van der Waals surface area contributed by atoms with Crippen molar-refractivity contribution in [1.82, 2.24) is 10.3 Å². The Labute approximate surface area is 112 Å². The Bertz CT molecular complexity index is 575. The number of aliphatic hydroxyl groups excluding tert-OH is 1. The first-order valence-corrected chi connectivity index (χ1v) is 6.54. The molecule has 19 heavy (non-hydrogen) atoms. The van der Waals surface area contributed by atoms with Crippen LogP contribution in [0.4, 0.5) is 0 Å². The van der Waals surface area contributed by atoms with E-state index in [1.165, 1.54) is 5.56 Å². The monoisotopic (exact) mass is 260 g/mol. The van der Waals surface area contributed by atoms with Crippen LogP contribution < -0.4 is 5.32 Å². The van der Waals surface area contributed by atoms with Crippen molar-refractivity contribution >= 4 is 16.8 Å². The van der Waals surface area contributed by atoms with Crippen LogP contribution in [0.1, 0.15) is 18.1 Å². The van der Waals surface area contributed by atoms with Crippen molar-refractivity contribution in [3.8, 4) is 0 Å². The van der Waals surface area contributed by atoms with Gasteiger partial charge in [-0.1, -0.05) is 19.1 Å². The topological polar surface area (TPSA) is 65.1 Å². The first kappa shape index (κ1) is 13.6. The highest BCUT2D eigenvalue weighted by atomic mass is 16.3. The Morgan fingerprint density at radius 3 is 3.00 bits per heavy atom. The van der Waals surface area contributed by atoms with Crippen molar-refractivity contribution in [2.75, 3.05) is 13.2 Å². The van der Waals surface area contributed by atoms with Gasteiger partial charge in [-0.3, -0.25) is 4.79 Å². The van der Waals surface area contributed by atoms with Crippen LogP contribution in [0.2, 0.25) is 0 Å². The lowest BCUT2D eigenvalue weighted by Crippen LogP contribution is -2.30. The number of rotatable bonds is 5. The fourth-order valence-electron chi connectivity index (χ4n) is 2.03. The number of benzene rings is 1.